The molecule has 0 bridgehead atoms. The van der Waals surface area contributed by atoms with E-state index in [1.165, 1.54) is 109 Å². The summed E-state index contributed by atoms with van der Waals surface area (Å²) in [7, 11) is -0.448. The monoisotopic (exact) mass is 684 g/mol. The molecule has 0 N–H and O–H groups in total. The fourth-order valence-electron chi connectivity index (χ4n) is 9.07. The quantitative estimate of drug-likeness (QED) is 0.188. The van der Waals surface area contributed by atoms with E-state index >= 15 is 0 Å². The molecular formula is C42H51Cl2N2P. The minimum atomic E-state index is -0.448. The molecule has 3 aromatic rings. The molecule has 0 radical (unpaired) electrons. The van der Waals surface area contributed by atoms with Crippen molar-refractivity contribution in [1.29, 1.82) is 0 Å². The molecule has 2 nitrogen and oxygen atoms in total. The van der Waals surface area contributed by atoms with Crippen LogP contribution in [0.1, 0.15) is 93.7 Å². The van der Waals surface area contributed by atoms with E-state index in [1.54, 1.807) is 0 Å². The highest BCUT2D eigenvalue weighted by Gasteiger charge is 2.52. The lowest BCUT2D eigenvalue weighted by Crippen LogP contribution is -2.41. The van der Waals surface area contributed by atoms with Gasteiger partial charge in [0.05, 0.1) is 9.99 Å². The Morgan fingerprint density at radius 1 is 0.681 bits per heavy atom. The van der Waals surface area contributed by atoms with Crippen LogP contribution in [0.5, 0.6) is 0 Å². The molecule has 7 rings (SSSR count). The summed E-state index contributed by atoms with van der Waals surface area (Å²) in [5.74, 6) is 1.27. The topological polar surface area (TPSA) is 6.48 Å². The zero-order valence-corrected chi connectivity index (χ0v) is 30.7. The van der Waals surface area contributed by atoms with Crippen LogP contribution < -0.4 is 9.80 Å². The van der Waals surface area contributed by atoms with Crippen LogP contribution in [0, 0.1) is 13.8 Å². The first kappa shape index (κ1) is 33.3. The van der Waals surface area contributed by atoms with Gasteiger partial charge in [0.25, 0.3) is 0 Å². The third-order valence-corrected chi connectivity index (χ3v) is 16.8. The number of hydrogen-bond acceptors (Lipinski definition) is 2. The van der Waals surface area contributed by atoms with E-state index in [1.807, 2.05) is 0 Å². The van der Waals surface area contributed by atoms with Gasteiger partial charge >= 0.3 is 0 Å². The molecule has 47 heavy (non-hydrogen) atoms. The van der Waals surface area contributed by atoms with Gasteiger partial charge in [-0.15, -0.1) is 23.2 Å². The van der Waals surface area contributed by atoms with Crippen molar-refractivity contribution in [2.45, 2.75) is 112 Å². The average molecular weight is 686 g/mol. The van der Waals surface area contributed by atoms with Gasteiger partial charge in [0.2, 0.25) is 0 Å². The number of para-hydroxylation sites is 2. The molecule has 1 heterocycles. The Morgan fingerprint density at radius 2 is 1.17 bits per heavy atom. The van der Waals surface area contributed by atoms with E-state index < -0.39 is 7.92 Å². The molecule has 2 atom stereocenters. The van der Waals surface area contributed by atoms with Crippen LogP contribution in [0.25, 0.3) is 6.08 Å². The highest BCUT2D eigenvalue weighted by molar-refractivity contribution is 7.63. The summed E-state index contributed by atoms with van der Waals surface area (Å²) in [6, 6.07) is 28.5. The Labute approximate surface area is 295 Å². The SMILES string of the molecule is Cc1ccccc1N1CCN(c2ccccc2C)C1=C1CCC(Cl)(P(C2CCCCC2)C2CCCCC2)C(=Cc2ccccc2)C1Cl. The lowest BCUT2D eigenvalue weighted by molar-refractivity contribution is 0.476. The number of allylic oxidation sites excluding steroid dienone is 2. The molecule has 3 aromatic carbocycles. The van der Waals surface area contributed by atoms with Gasteiger partial charge in [0, 0.05) is 24.5 Å². The van der Waals surface area contributed by atoms with Crippen molar-refractivity contribution < 1.29 is 0 Å². The largest absolute Gasteiger partial charge is 0.326 e. The summed E-state index contributed by atoms with van der Waals surface area (Å²) in [6.07, 6.45) is 17.9. The van der Waals surface area contributed by atoms with Crippen molar-refractivity contribution >= 4 is 48.6 Å². The maximum absolute atomic E-state index is 8.37. The molecule has 4 fully saturated rings. The summed E-state index contributed by atoms with van der Waals surface area (Å²) in [5.41, 5.74) is 10.4. The fraction of sp³-hybridized carbons (Fsp3) is 0.476. The molecular weight excluding hydrogens is 634 g/mol. The zero-order chi connectivity index (χ0) is 32.4. The first-order valence-corrected chi connectivity index (χ1v) is 20.5. The van der Waals surface area contributed by atoms with Gasteiger partial charge in [-0.05, 0) is 104 Å². The van der Waals surface area contributed by atoms with Gasteiger partial charge in [-0.1, -0.05) is 119 Å². The van der Waals surface area contributed by atoms with Crippen LogP contribution in [-0.2, 0) is 0 Å². The molecule has 0 amide bonds. The van der Waals surface area contributed by atoms with Gasteiger partial charge in [0.15, 0.2) is 0 Å². The Kier molecular flexibility index (Phi) is 10.4. The van der Waals surface area contributed by atoms with E-state index in [9.17, 15) is 0 Å². The smallest absolute Gasteiger partial charge is 0.114 e. The van der Waals surface area contributed by atoms with E-state index in [0.717, 1.165) is 37.2 Å². The van der Waals surface area contributed by atoms with Gasteiger partial charge < -0.3 is 9.80 Å². The number of hydrogen-bond donors (Lipinski definition) is 0. The van der Waals surface area contributed by atoms with E-state index in [0.29, 0.717) is 0 Å². The van der Waals surface area contributed by atoms with Crippen LogP contribution in [0.4, 0.5) is 11.4 Å². The second kappa shape index (κ2) is 14.7. The van der Waals surface area contributed by atoms with E-state index in [-0.39, 0.29) is 9.99 Å². The number of halogens is 2. The second-order valence-electron chi connectivity index (χ2n) is 14.3. The standard InChI is InChI=1S/C42H51Cl2N2P/c1-31-16-12-14-24-38(31)45-28-29-46(39-25-15-13-17-32(39)2)41(45)36-26-27-42(44,37(40(36)43)30-33-18-6-3-7-19-33)47(34-20-8-4-9-21-34)35-22-10-5-11-23-35/h3,6-7,12-19,24-25,30,34-35,40H,4-5,8-11,20-23,26-29H2,1-2H3. The maximum atomic E-state index is 8.37. The summed E-state index contributed by atoms with van der Waals surface area (Å²) in [5, 5.41) is -0.259. The molecule has 0 aromatic heterocycles. The van der Waals surface area contributed by atoms with Crippen LogP contribution >= 0.6 is 31.1 Å². The molecule has 4 aliphatic rings. The van der Waals surface area contributed by atoms with E-state index in [4.69, 9.17) is 23.2 Å². The Bertz CT molecular complexity index is 1520. The third kappa shape index (κ3) is 6.69. The van der Waals surface area contributed by atoms with Crippen molar-refractivity contribution in [1.82, 2.24) is 0 Å². The van der Waals surface area contributed by atoms with Gasteiger partial charge in [0.1, 0.15) is 5.82 Å². The lowest BCUT2D eigenvalue weighted by Gasteiger charge is -2.52. The van der Waals surface area contributed by atoms with Crippen LogP contribution in [-0.4, -0.2) is 34.4 Å². The molecule has 2 unspecified atom stereocenters. The highest BCUT2D eigenvalue weighted by atomic mass is 35.5. The number of aryl methyl sites for hydroxylation is 2. The van der Waals surface area contributed by atoms with Crippen LogP contribution in [0.15, 0.2) is 95.8 Å². The number of alkyl halides is 2. The van der Waals surface area contributed by atoms with Gasteiger partial charge in [-0.2, -0.15) is 0 Å². The predicted molar refractivity (Wildman–Crippen MR) is 207 cm³/mol. The van der Waals surface area contributed by atoms with Crippen molar-refractivity contribution in [3.05, 3.63) is 113 Å². The molecule has 3 saturated carbocycles. The van der Waals surface area contributed by atoms with Crippen molar-refractivity contribution in [2.24, 2.45) is 0 Å². The van der Waals surface area contributed by atoms with Crippen LogP contribution in [0.2, 0.25) is 0 Å². The average Bonchev–Trinajstić information content (AvgIpc) is 3.53. The van der Waals surface area contributed by atoms with Crippen molar-refractivity contribution in [3.8, 4) is 0 Å². The number of nitrogens with zero attached hydrogens (tertiary/aromatic N) is 2. The zero-order valence-electron chi connectivity index (χ0n) is 28.3. The summed E-state index contributed by atoms with van der Waals surface area (Å²) in [6.45, 7) is 6.34. The maximum Gasteiger partial charge on any atom is 0.114 e. The molecule has 3 aliphatic carbocycles. The number of anilines is 2. The van der Waals surface area contributed by atoms with Gasteiger partial charge in [-0.3, -0.25) is 0 Å². The predicted octanol–water partition coefficient (Wildman–Crippen LogP) is 12.4. The first-order chi connectivity index (χ1) is 23.0. The summed E-state index contributed by atoms with van der Waals surface area (Å²) >= 11 is 16.4. The Balaban J connectivity index is 1.39. The first-order valence-electron chi connectivity index (χ1n) is 18.2. The molecule has 1 saturated heterocycles. The fourth-order valence-corrected chi connectivity index (χ4v) is 15.2. The second-order valence-corrected chi connectivity index (χ2v) is 18.7. The third-order valence-electron chi connectivity index (χ3n) is 11.4. The Morgan fingerprint density at radius 3 is 1.68 bits per heavy atom. The molecule has 1 aliphatic heterocycles. The minimum absolute atomic E-state index is 0.259. The molecule has 5 heteroatoms. The normalized spacial score (nSPS) is 25.7. The molecule has 0 spiro atoms. The number of rotatable bonds is 6. The summed E-state index contributed by atoms with van der Waals surface area (Å²) in [4.78, 5) is 5.11. The van der Waals surface area contributed by atoms with E-state index in [2.05, 4.69) is 109 Å². The van der Waals surface area contributed by atoms with Crippen LogP contribution in [0.3, 0.4) is 0 Å². The lowest BCUT2D eigenvalue weighted by atomic mass is 9.86. The number of benzene rings is 3. The van der Waals surface area contributed by atoms with Crippen molar-refractivity contribution in [3.63, 3.8) is 0 Å². The molecule has 248 valence electrons. The minimum Gasteiger partial charge on any atom is -0.326 e. The van der Waals surface area contributed by atoms with Gasteiger partial charge in [-0.25, -0.2) is 0 Å². The highest BCUT2D eigenvalue weighted by Crippen LogP contribution is 2.71. The Hall–Kier alpha value is -2.25. The van der Waals surface area contributed by atoms with Crippen molar-refractivity contribution in [2.75, 3.05) is 22.9 Å². The summed E-state index contributed by atoms with van der Waals surface area (Å²) < 4.78 is -0.384.